The molecule has 3 aromatic rings. The van der Waals surface area contributed by atoms with Crippen molar-refractivity contribution in [2.24, 2.45) is 15.4 Å². The fourth-order valence-electron chi connectivity index (χ4n) is 1.67. The SMILES string of the molecule is Nc1cc(N=Nc2ncnc3nc[nH]c23)c(O)cc1N=O. The molecule has 104 valence electrons. The lowest BCUT2D eigenvalue weighted by atomic mass is 10.2. The molecule has 0 saturated heterocycles. The second-order valence-corrected chi connectivity index (χ2v) is 3.99. The van der Waals surface area contributed by atoms with Crippen LogP contribution in [-0.4, -0.2) is 25.0 Å². The van der Waals surface area contributed by atoms with E-state index in [9.17, 15) is 10.0 Å². The number of phenolic OH excluding ortho intramolecular Hbond substituents is 1. The number of benzene rings is 1. The van der Waals surface area contributed by atoms with Gasteiger partial charge in [0.1, 0.15) is 29.0 Å². The Bertz CT molecular complexity index is 857. The predicted molar refractivity (Wildman–Crippen MR) is 73.8 cm³/mol. The van der Waals surface area contributed by atoms with Gasteiger partial charge in [0.2, 0.25) is 5.82 Å². The number of nitrogens with two attached hydrogens (primary N) is 1. The van der Waals surface area contributed by atoms with Gasteiger partial charge in [-0.3, -0.25) is 0 Å². The zero-order valence-corrected chi connectivity index (χ0v) is 10.4. The number of phenols is 1. The lowest BCUT2D eigenvalue weighted by Crippen LogP contribution is -1.85. The molecule has 10 nitrogen and oxygen atoms in total. The minimum absolute atomic E-state index is 0.0653. The van der Waals surface area contributed by atoms with Gasteiger partial charge in [0, 0.05) is 6.07 Å². The van der Waals surface area contributed by atoms with Gasteiger partial charge in [-0.05, 0) is 11.2 Å². The number of azo groups is 1. The highest BCUT2D eigenvalue weighted by molar-refractivity contribution is 5.80. The van der Waals surface area contributed by atoms with Crippen LogP contribution >= 0.6 is 0 Å². The number of nitrogens with one attached hydrogen (secondary N) is 1. The largest absolute Gasteiger partial charge is 0.506 e. The molecule has 0 saturated carbocycles. The van der Waals surface area contributed by atoms with E-state index >= 15 is 0 Å². The van der Waals surface area contributed by atoms with Crippen LogP contribution in [0.2, 0.25) is 0 Å². The predicted octanol–water partition coefficient (Wildman–Crippen LogP) is 2.45. The lowest BCUT2D eigenvalue weighted by molar-refractivity contribution is 0.476. The van der Waals surface area contributed by atoms with Crippen molar-refractivity contribution in [3.05, 3.63) is 29.7 Å². The molecule has 1 aromatic carbocycles. The number of anilines is 1. The first-order valence-corrected chi connectivity index (χ1v) is 5.70. The number of hydrogen-bond acceptors (Lipinski definition) is 9. The molecule has 0 unspecified atom stereocenters. The average Bonchev–Trinajstić information content (AvgIpc) is 2.96. The molecule has 0 atom stereocenters. The Kier molecular flexibility index (Phi) is 2.95. The maximum absolute atomic E-state index is 10.5. The van der Waals surface area contributed by atoms with Gasteiger partial charge in [0.25, 0.3) is 0 Å². The van der Waals surface area contributed by atoms with Crippen molar-refractivity contribution in [1.82, 2.24) is 19.9 Å². The molecular formula is C11H8N8O2. The number of aromatic amines is 1. The molecule has 2 heterocycles. The van der Waals surface area contributed by atoms with Gasteiger partial charge >= 0.3 is 0 Å². The maximum Gasteiger partial charge on any atom is 0.203 e. The second-order valence-electron chi connectivity index (χ2n) is 3.99. The van der Waals surface area contributed by atoms with E-state index in [1.807, 2.05) is 0 Å². The Hall–Kier alpha value is -3.43. The number of fused-ring (bicyclic) bond motifs is 1. The number of hydrogen-bond donors (Lipinski definition) is 3. The van der Waals surface area contributed by atoms with Crippen LogP contribution in [0.15, 0.2) is 40.2 Å². The third kappa shape index (κ3) is 2.25. The van der Waals surface area contributed by atoms with Crippen molar-refractivity contribution >= 4 is 34.0 Å². The summed E-state index contributed by atoms with van der Waals surface area (Å²) in [5.74, 6) is -0.00878. The quantitative estimate of drug-likeness (QED) is 0.290. The Morgan fingerprint density at radius 2 is 2.00 bits per heavy atom. The minimum atomic E-state index is -0.266. The number of aromatic hydroxyl groups is 1. The highest BCUT2D eigenvalue weighted by Crippen LogP contribution is 2.36. The number of nitrogen functional groups attached to an aromatic ring is 1. The summed E-state index contributed by atoms with van der Waals surface area (Å²) in [5, 5.41) is 20.2. The Morgan fingerprint density at radius 3 is 2.81 bits per heavy atom. The van der Waals surface area contributed by atoms with Crippen LogP contribution in [0.1, 0.15) is 0 Å². The standard InChI is InChI=1S/C11H8N8O2/c12-5-1-7(8(20)2-6(5)19-21)17-18-11-9-10(14-3-13-9)15-4-16-11/h1-4,20H,12H2,(H,13,14,15,16). The molecule has 0 spiro atoms. The van der Waals surface area contributed by atoms with Gasteiger partial charge in [-0.1, -0.05) is 0 Å². The van der Waals surface area contributed by atoms with Gasteiger partial charge in [-0.2, -0.15) is 0 Å². The van der Waals surface area contributed by atoms with Crippen LogP contribution in [0.25, 0.3) is 11.2 Å². The average molecular weight is 284 g/mol. The molecule has 21 heavy (non-hydrogen) atoms. The first-order chi connectivity index (χ1) is 10.2. The van der Waals surface area contributed by atoms with Crippen molar-refractivity contribution in [2.45, 2.75) is 0 Å². The first-order valence-electron chi connectivity index (χ1n) is 5.70. The van der Waals surface area contributed by atoms with Crippen LogP contribution in [0.5, 0.6) is 5.75 Å². The highest BCUT2D eigenvalue weighted by atomic mass is 16.3. The smallest absolute Gasteiger partial charge is 0.203 e. The summed E-state index contributed by atoms with van der Waals surface area (Å²) >= 11 is 0. The number of rotatable bonds is 3. The monoisotopic (exact) mass is 284 g/mol. The second kappa shape index (κ2) is 4.92. The van der Waals surface area contributed by atoms with Crippen LogP contribution in [0.4, 0.5) is 22.9 Å². The van der Waals surface area contributed by atoms with E-state index in [2.05, 4.69) is 35.3 Å². The molecule has 3 rings (SSSR count). The Labute approximate surface area is 116 Å². The summed E-state index contributed by atoms with van der Waals surface area (Å²) in [6, 6.07) is 2.41. The van der Waals surface area contributed by atoms with Crippen LogP contribution in [0, 0.1) is 4.91 Å². The van der Waals surface area contributed by atoms with E-state index < -0.39 is 0 Å². The van der Waals surface area contributed by atoms with Gasteiger partial charge < -0.3 is 15.8 Å². The van der Waals surface area contributed by atoms with Crippen molar-refractivity contribution < 1.29 is 5.11 Å². The van der Waals surface area contributed by atoms with Crippen LogP contribution < -0.4 is 5.73 Å². The molecular weight excluding hydrogens is 276 g/mol. The van der Waals surface area contributed by atoms with E-state index in [0.29, 0.717) is 11.2 Å². The molecule has 0 bridgehead atoms. The molecule has 0 fully saturated rings. The van der Waals surface area contributed by atoms with Gasteiger partial charge in [0.05, 0.1) is 12.0 Å². The van der Waals surface area contributed by atoms with Crippen molar-refractivity contribution in [2.75, 3.05) is 5.73 Å². The first kappa shape index (κ1) is 12.6. The molecule has 0 aliphatic rings. The van der Waals surface area contributed by atoms with Gasteiger partial charge in [-0.25, -0.2) is 15.0 Å². The molecule has 4 N–H and O–H groups in total. The zero-order valence-electron chi connectivity index (χ0n) is 10.4. The maximum atomic E-state index is 10.5. The van der Waals surface area contributed by atoms with Crippen molar-refractivity contribution in [1.29, 1.82) is 0 Å². The third-order valence-corrected chi connectivity index (χ3v) is 2.68. The molecule has 0 amide bonds. The number of aromatic nitrogens is 4. The topological polar surface area (TPSA) is 155 Å². The van der Waals surface area contributed by atoms with Crippen LogP contribution in [-0.2, 0) is 0 Å². The Balaban J connectivity index is 2.02. The fraction of sp³-hybridized carbons (Fsp3) is 0. The fourth-order valence-corrected chi connectivity index (χ4v) is 1.67. The lowest BCUT2D eigenvalue weighted by Gasteiger charge is -2.01. The van der Waals surface area contributed by atoms with Crippen molar-refractivity contribution in [3.8, 4) is 5.75 Å². The van der Waals surface area contributed by atoms with E-state index in [1.54, 1.807) is 0 Å². The summed E-state index contributed by atoms with van der Waals surface area (Å²) in [6.45, 7) is 0. The summed E-state index contributed by atoms with van der Waals surface area (Å²) in [4.78, 5) is 25.2. The number of H-pyrrole nitrogens is 1. The third-order valence-electron chi connectivity index (χ3n) is 2.68. The van der Waals surface area contributed by atoms with E-state index in [0.717, 1.165) is 6.07 Å². The molecule has 0 radical (unpaired) electrons. The van der Waals surface area contributed by atoms with E-state index in [4.69, 9.17) is 5.73 Å². The Morgan fingerprint density at radius 1 is 1.14 bits per heavy atom. The highest BCUT2D eigenvalue weighted by Gasteiger charge is 2.09. The van der Waals surface area contributed by atoms with Gasteiger partial charge in [0.15, 0.2) is 5.65 Å². The van der Waals surface area contributed by atoms with E-state index in [1.165, 1.54) is 18.7 Å². The zero-order chi connectivity index (χ0) is 14.8. The summed E-state index contributed by atoms with van der Waals surface area (Å²) in [6.07, 6.45) is 2.75. The molecule has 0 aliphatic heterocycles. The minimum Gasteiger partial charge on any atom is -0.506 e. The number of nitrogens with zero attached hydrogens (tertiary/aromatic N) is 6. The summed E-state index contributed by atoms with van der Waals surface area (Å²) < 4.78 is 0. The van der Waals surface area contributed by atoms with Crippen molar-refractivity contribution in [3.63, 3.8) is 0 Å². The number of imidazole rings is 1. The van der Waals surface area contributed by atoms with Gasteiger partial charge in [-0.15, -0.1) is 15.1 Å². The normalized spacial score (nSPS) is 11.2. The van der Waals surface area contributed by atoms with Crippen LogP contribution in [0.3, 0.4) is 0 Å². The molecule has 10 heteroatoms. The number of nitroso groups, excluding NO2 is 1. The summed E-state index contributed by atoms with van der Waals surface area (Å²) in [5.41, 5.74) is 6.67. The summed E-state index contributed by atoms with van der Waals surface area (Å²) in [7, 11) is 0. The molecule has 0 aliphatic carbocycles. The molecule has 2 aromatic heterocycles. The van der Waals surface area contributed by atoms with E-state index in [-0.39, 0.29) is 28.6 Å².